The van der Waals surface area contributed by atoms with Crippen molar-refractivity contribution >= 4 is 28.2 Å². The fourth-order valence-electron chi connectivity index (χ4n) is 1.80. The van der Waals surface area contributed by atoms with E-state index in [2.05, 4.69) is 20.5 Å². The molecular formula is C11H19N5OS. The molecule has 0 spiro atoms. The van der Waals surface area contributed by atoms with Crippen LogP contribution < -0.4 is 21.3 Å². The smallest absolute Gasteiger partial charge is 0.265 e. The summed E-state index contributed by atoms with van der Waals surface area (Å²) in [5.41, 5.74) is 5.82. The van der Waals surface area contributed by atoms with Crippen molar-refractivity contribution in [2.24, 2.45) is 0 Å². The van der Waals surface area contributed by atoms with Gasteiger partial charge in [-0.2, -0.15) is 0 Å². The van der Waals surface area contributed by atoms with Crippen LogP contribution in [0.15, 0.2) is 0 Å². The zero-order valence-electron chi connectivity index (χ0n) is 10.7. The second-order valence-corrected chi connectivity index (χ2v) is 5.55. The lowest BCUT2D eigenvalue weighted by atomic mass is 10.3. The number of thiazole rings is 1. The van der Waals surface area contributed by atoms with Gasteiger partial charge in [0, 0.05) is 32.2 Å². The predicted octanol–water partition coefficient (Wildman–Crippen LogP) is 0.273. The second kappa shape index (κ2) is 5.53. The molecule has 1 fully saturated rings. The Bertz CT molecular complexity index is 425. The van der Waals surface area contributed by atoms with E-state index < -0.39 is 0 Å². The van der Waals surface area contributed by atoms with E-state index in [1.807, 2.05) is 13.8 Å². The van der Waals surface area contributed by atoms with Crippen molar-refractivity contribution in [3.8, 4) is 0 Å². The lowest BCUT2D eigenvalue weighted by Gasteiger charge is -2.26. The highest BCUT2D eigenvalue weighted by Gasteiger charge is 2.20. The summed E-state index contributed by atoms with van der Waals surface area (Å²) in [6.45, 7) is 7.52. The van der Waals surface area contributed by atoms with Crippen molar-refractivity contribution in [1.29, 1.82) is 0 Å². The Morgan fingerprint density at radius 2 is 2.17 bits per heavy atom. The van der Waals surface area contributed by atoms with E-state index in [1.54, 1.807) is 0 Å². The summed E-state index contributed by atoms with van der Waals surface area (Å²) < 4.78 is 0. The first-order valence-electron chi connectivity index (χ1n) is 6.10. The number of amides is 1. The molecule has 1 aliphatic heterocycles. The van der Waals surface area contributed by atoms with Crippen LogP contribution in [-0.2, 0) is 0 Å². The zero-order chi connectivity index (χ0) is 13.1. The molecular weight excluding hydrogens is 250 g/mol. The van der Waals surface area contributed by atoms with E-state index in [1.165, 1.54) is 11.3 Å². The monoisotopic (exact) mass is 269 g/mol. The third-order valence-electron chi connectivity index (χ3n) is 2.66. The minimum absolute atomic E-state index is 0.0987. The number of nitrogens with two attached hydrogens (primary N) is 1. The van der Waals surface area contributed by atoms with Gasteiger partial charge in [0.15, 0.2) is 5.13 Å². The Morgan fingerprint density at radius 1 is 1.50 bits per heavy atom. The summed E-state index contributed by atoms with van der Waals surface area (Å²) in [5, 5.41) is 6.95. The first-order valence-corrected chi connectivity index (χ1v) is 6.92. The summed E-state index contributed by atoms with van der Waals surface area (Å²) in [5.74, 6) is 0.188. The van der Waals surface area contributed by atoms with Crippen molar-refractivity contribution < 1.29 is 4.79 Å². The fraction of sp³-hybridized carbons (Fsp3) is 0.636. The number of nitrogens with one attached hydrogen (secondary N) is 2. The first-order chi connectivity index (χ1) is 8.58. The van der Waals surface area contributed by atoms with Gasteiger partial charge in [0.05, 0.1) is 0 Å². The molecule has 0 bridgehead atoms. The number of anilines is 2. The maximum atomic E-state index is 11.9. The van der Waals surface area contributed by atoms with Crippen LogP contribution in [0.4, 0.5) is 10.9 Å². The molecule has 0 unspecified atom stereocenters. The number of carbonyl (C=O) groups excluding carboxylic acids is 1. The van der Waals surface area contributed by atoms with Gasteiger partial charge in [0.2, 0.25) is 0 Å². The number of carbonyl (C=O) groups is 1. The van der Waals surface area contributed by atoms with Gasteiger partial charge in [-0.1, -0.05) is 11.3 Å². The number of rotatable bonds is 3. The molecule has 2 heterocycles. The quantitative estimate of drug-likeness (QED) is 0.734. The van der Waals surface area contributed by atoms with Crippen LogP contribution >= 0.6 is 11.3 Å². The molecule has 100 valence electrons. The summed E-state index contributed by atoms with van der Waals surface area (Å²) in [4.78, 5) is 18.9. The SMILES string of the molecule is CC(C)NC(=O)c1sc(N2CCNCC2)nc1N. The maximum absolute atomic E-state index is 11.9. The molecule has 0 aliphatic carbocycles. The molecule has 0 saturated carbocycles. The van der Waals surface area contributed by atoms with Crippen LogP contribution in [0.1, 0.15) is 23.5 Å². The van der Waals surface area contributed by atoms with Gasteiger partial charge < -0.3 is 21.3 Å². The Balaban J connectivity index is 2.13. The molecule has 1 aliphatic rings. The molecule has 1 aromatic rings. The van der Waals surface area contributed by atoms with E-state index >= 15 is 0 Å². The lowest BCUT2D eigenvalue weighted by Crippen LogP contribution is -2.43. The highest BCUT2D eigenvalue weighted by atomic mass is 32.1. The predicted molar refractivity (Wildman–Crippen MR) is 74.2 cm³/mol. The number of piperazine rings is 1. The van der Waals surface area contributed by atoms with Crippen LogP contribution in [0.2, 0.25) is 0 Å². The average Bonchev–Trinajstić information content (AvgIpc) is 2.72. The summed E-state index contributed by atoms with van der Waals surface area (Å²) >= 11 is 1.37. The molecule has 0 atom stereocenters. The molecule has 18 heavy (non-hydrogen) atoms. The van der Waals surface area contributed by atoms with Crippen LogP contribution in [-0.4, -0.2) is 43.1 Å². The van der Waals surface area contributed by atoms with Crippen LogP contribution in [0.3, 0.4) is 0 Å². The zero-order valence-corrected chi connectivity index (χ0v) is 11.5. The molecule has 0 aromatic carbocycles. The Hall–Kier alpha value is -1.34. The van der Waals surface area contributed by atoms with Crippen molar-refractivity contribution in [1.82, 2.24) is 15.6 Å². The Labute approximate surface area is 111 Å². The number of nitrogen functional groups attached to an aromatic ring is 1. The molecule has 7 heteroatoms. The standard InChI is InChI=1S/C11H19N5OS/c1-7(2)14-10(17)8-9(12)15-11(18-8)16-5-3-13-4-6-16/h7,13H,3-6,12H2,1-2H3,(H,14,17). The topological polar surface area (TPSA) is 83.3 Å². The fourth-order valence-corrected chi connectivity index (χ4v) is 2.74. The molecule has 4 N–H and O–H groups in total. The van der Waals surface area contributed by atoms with Crippen LogP contribution in [0.5, 0.6) is 0 Å². The third-order valence-corrected chi connectivity index (χ3v) is 3.79. The Morgan fingerprint density at radius 3 is 2.78 bits per heavy atom. The molecule has 1 amide bonds. The van der Waals surface area contributed by atoms with Crippen LogP contribution in [0.25, 0.3) is 0 Å². The van der Waals surface area contributed by atoms with Gasteiger partial charge in [-0.05, 0) is 13.8 Å². The van der Waals surface area contributed by atoms with Gasteiger partial charge >= 0.3 is 0 Å². The van der Waals surface area contributed by atoms with Crippen molar-refractivity contribution in [3.05, 3.63) is 4.88 Å². The highest BCUT2D eigenvalue weighted by molar-refractivity contribution is 7.18. The Kier molecular flexibility index (Phi) is 4.03. The van der Waals surface area contributed by atoms with Crippen molar-refractivity contribution in [3.63, 3.8) is 0 Å². The third kappa shape index (κ3) is 2.91. The molecule has 0 radical (unpaired) electrons. The van der Waals surface area contributed by atoms with E-state index in [9.17, 15) is 4.79 Å². The molecule has 1 saturated heterocycles. The minimum Gasteiger partial charge on any atom is -0.382 e. The number of nitrogens with zero attached hydrogens (tertiary/aromatic N) is 2. The first kappa shape index (κ1) is 13.1. The second-order valence-electron chi connectivity index (χ2n) is 4.58. The van der Waals surface area contributed by atoms with Gasteiger partial charge in [-0.25, -0.2) is 4.98 Å². The largest absolute Gasteiger partial charge is 0.382 e. The molecule has 6 nitrogen and oxygen atoms in total. The maximum Gasteiger partial charge on any atom is 0.265 e. The summed E-state index contributed by atoms with van der Waals surface area (Å²) in [6.07, 6.45) is 0. The molecule has 1 aromatic heterocycles. The lowest BCUT2D eigenvalue weighted by molar-refractivity contribution is 0.0948. The van der Waals surface area contributed by atoms with E-state index in [4.69, 9.17) is 5.73 Å². The van der Waals surface area contributed by atoms with Crippen LogP contribution in [0, 0.1) is 0 Å². The minimum atomic E-state index is -0.138. The van der Waals surface area contributed by atoms with Gasteiger partial charge in [0.25, 0.3) is 5.91 Å². The number of hydrogen-bond donors (Lipinski definition) is 3. The average molecular weight is 269 g/mol. The van der Waals surface area contributed by atoms with E-state index in [0.717, 1.165) is 31.3 Å². The molecule has 2 rings (SSSR count). The van der Waals surface area contributed by atoms with E-state index in [0.29, 0.717) is 10.7 Å². The van der Waals surface area contributed by atoms with Gasteiger partial charge in [-0.3, -0.25) is 4.79 Å². The number of aromatic nitrogens is 1. The van der Waals surface area contributed by atoms with Crippen molar-refractivity contribution in [2.75, 3.05) is 36.8 Å². The summed E-state index contributed by atoms with van der Waals surface area (Å²) in [7, 11) is 0. The van der Waals surface area contributed by atoms with Crippen molar-refractivity contribution in [2.45, 2.75) is 19.9 Å². The highest BCUT2D eigenvalue weighted by Crippen LogP contribution is 2.28. The van der Waals surface area contributed by atoms with Gasteiger partial charge in [-0.15, -0.1) is 0 Å². The normalized spacial score (nSPS) is 16.1. The van der Waals surface area contributed by atoms with Gasteiger partial charge in [0.1, 0.15) is 10.7 Å². The number of hydrogen-bond acceptors (Lipinski definition) is 6. The summed E-state index contributed by atoms with van der Waals surface area (Å²) in [6, 6.07) is 0.0987. The van der Waals surface area contributed by atoms with E-state index in [-0.39, 0.29) is 11.9 Å².